The van der Waals surface area contributed by atoms with Crippen molar-refractivity contribution in [3.8, 4) is 0 Å². The summed E-state index contributed by atoms with van der Waals surface area (Å²) in [5.74, 6) is -2.42. The van der Waals surface area contributed by atoms with Crippen LogP contribution in [-0.2, 0) is 23.9 Å². The summed E-state index contributed by atoms with van der Waals surface area (Å²) in [6, 6.07) is 4.57. The molecule has 1 spiro atoms. The average Bonchev–Trinajstić information content (AvgIpc) is 3.50. The van der Waals surface area contributed by atoms with E-state index < -0.39 is 35.6 Å². The highest BCUT2D eigenvalue weighted by molar-refractivity contribution is 6.34. The molecule has 3 aliphatic heterocycles. The molecule has 2 bridgehead atoms. The van der Waals surface area contributed by atoms with Crippen LogP contribution in [0.4, 0.5) is 5.69 Å². The van der Waals surface area contributed by atoms with Gasteiger partial charge in [-0.25, -0.2) is 0 Å². The zero-order valence-corrected chi connectivity index (χ0v) is 22.4. The minimum atomic E-state index is -1.09. The molecular weight excluding hydrogens is 496 g/mol. The van der Waals surface area contributed by atoms with Crippen molar-refractivity contribution in [2.24, 2.45) is 11.8 Å². The van der Waals surface area contributed by atoms with Gasteiger partial charge in [0.05, 0.1) is 35.3 Å². The number of amides is 2. The number of fused-ring (bicyclic) bond motifs is 1. The number of hydrogen-bond acceptors (Lipinski definition) is 6. The van der Waals surface area contributed by atoms with Gasteiger partial charge in [-0.3, -0.25) is 14.4 Å². The van der Waals surface area contributed by atoms with Crippen molar-refractivity contribution in [1.82, 2.24) is 4.90 Å². The molecule has 1 N–H and O–H groups in total. The normalized spacial score (nSPS) is 27.9. The fraction of sp³-hybridized carbons (Fsp3) is 0.607. The summed E-state index contributed by atoms with van der Waals surface area (Å²) < 4.78 is 11.8. The van der Waals surface area contributed by atoms with Crippen molar-refractivity contribution in [2.75, 3.05) is 31.2 Å². The number of anilines is 1. The highest BCUT2D eigenvalue weighted by Crippen LogP contribution is 2.59. The van der Waals surface area contributed by atoms with Gasteiger partial charge in [-0.05, 0) is 51.2 Å². The Kier molecular flexibility index (Phi) is 8.61. The Morgan fingerprint density at radius 2 is 2.08 bits per heavy atom. The molecule has 1 aromatic rings. The van der Waals surface area contributed by atoms with E-state index in [1.807, 2.05) is 19.1 Å². The van der Waals surface area contributed by atoms with Gasteiger partial charge in [-0.1, -0.05) is 42.7 Å². The van der Waals surface area contributed by atoms with Crippen LogP contribution in [0.5, 0.6) is 0 Å². The van der Waals surface area contributed by atoms with Crippen LogP contribution >= 0.6 is 11.6 Å². The number of halogens is 1. The molecule has 0 radical (unpaired) electrons. The minimum Gasteiger partial charge on any atom is -0.466 e. The number of carbonyl (C=O) groups excluding carboxylic acids is 3. The molecule has 4 rings (SSSR count). The third-order valence-electron chi connectivity index (χ3n) is 7.94. The molecule has 2 unspecified atom stereocenters. The van der Waals surface area contributed by atoms with E-state index in [1.54, 1.807) is 28.9 Å². The van der Waals surface area contributed by atoms with Gasteiger partial charge in [0.15, 0.2) is 0 Å². The maximum absolute atomic E-state index is 14.5. The molecule has 0 aromatic heterocycles. The fourth-order valence-corrected chi connectivity index (χ4v) is 6.78. The van der Waals surface area contributed by atoms with Crippen LogP contribution in [0, 0.1) is 18.8 Å². The number of hydrogen-bond donors (Lipinski definition) is 1. The summed E-state index contributed by atoms with van der Waals surface area (Å²) >= 11 is 6.57. The monoisotopic (exact) mass is 532 g/mol. The summed E-state index contributed by atoms with van der Waals surface area (Å²) in [5, 5.41) is 9.54. The molecule has 3 saturated heterocycles. The zero-order chi connectivity index (χ0) is 26.7. The number of aliphatic hydroxyl groups is 1. The van der Waals surface area contributed by atoms with Crippen molar-refractivity contribution < 1.29 is 29.0 Å². The van der Waals surface area contributed by atoms with Gasteiger partial charge in [0.25, 0.3) is 5.91 Å². The second kappa shape index (κ2) is 11.5. The Bertz CT molecular complexity index is 1030. The van der Waals surface area contributed by atoms with E-state index in [0.29, 0.717) is 42.9 Å². The molecule has 0 aliphatic carbocycles. The van der Waals surface area contributed by atoms with E-state index in [2.05, 4.69) is 6.58 Å². The van der Waals surface area contributed by atoms with Gasteiger partial charge in [0.1, 0.15) is 11.6 Å². The number of benzene rings is 1. The maximum Gasteiger partial charge on any atom is 0.312 e. The van der Waals surface area contributed by atoms with E-state index in [0.717, 1.165) is 18.4 Å². The van der Waals surface area contributed by atoms with Crippen molar-refractivity contribution in [3.05, 3.63) is 41.4 Å². The third kappa shape index (κ3) is 4.79. The predicted octanol–water partition coefficient (Wildman–Crippen LogP) is 3.66. The van der Waals surface area contributed by atoms with Gasteiger partial charge >= 0.3 is 5.97 Å². The second-order valence-corrected chi connectivity index (χ2v) is 10.5. The van der Waals surface area contributed by atoms with Crippen LogP contribution in [0.15, 0.2) is 30.9 Å². The van der Waals surface area contributed by atoms with E-state index in [-0.39, 0.29) is 31.6 Å². The van der Waals surface area contributed by atoms with E-state index >= 15 is 0 Å². The first-order chi connectivity index (χ1) is 17.8. The van der Waals surface area contributed by atoms with Crippen LogP contribution in [0.25, 0.3) is 0 Å². The van der Waals surface area contributed by atoms with Crippen LogP contribution in [0.1, 0.15) is 51.0 Å². The van der Waals surface area contributed by atoms with Crippen LogP contribution in [0.3, 0.4) is 0 Å². The number of carbonyl (C=O) groups is 3. The standard InChI is InChI=1S/C28H37ClN2O6/c1-4-15-30(23-18(3)11-10-12-19(23)29)26(34)24-28-14-13-20(37-28)21(27(35)36-5-2)22(28)25(33)31(24)16-8-6-7-9-17-32/h4,10-12,20-22,24,32H,1,5-9,13-17H2,2-3H3/t20-,21+,22+,24?,28?/m1/s1. The maximum atomic E-state index is 14.5. The van der Waals surface area contributed by atoms with Crippen LogP contribution < -0.4 is 4.90 Å². The molecule has 5 atom stereocenters. The molecule has 0 saturated carbocycles. The molecule has 3 aliphatic rings. The van der Waals surface area contributed by atoms with Gasteiger partial charge < -0.3 is 24.4 Å². The van der Waals surface area contributed by atoms with E-state index in [9.17, 15) is 14.4 Å². The van der Waals surface area contributed by atoms with Gasteiger partial charge in [0.2, 0.25) is 5.91 Å². The Morgan fingerprint density at radius 1 is 1.32 bits per heavy atom. The zero-order valence-electron chi connectivity index (χ0n) is 21.7. The average molecular weight is 533 g/mol. The smallest absolute Gasteiger partial charge is 0.312 e. The Balaban J connectivity index is 1.73. The van der Waals surface area contributed by atoms with Crippen molar-refractivity contribution in [3.63, 3.8) is 0 Å². The molecule has 1 aromatic carbocycles. The lowest BCUT2D eigenvalue weighted by atomic mass is 9.70. The molecule has 8 nitrogen and oxygen atoms in total. The lowest BCUT2D eigenvalue weighted by molar-refractivity contribution is -0.154. The molecule has 202 valence electrons. The van der Waals surface area contributed by atoms with Crippen LogP contribution in [0.2, 0.25) is 5.02 Å². The number of likely N-dealkylation sites (tertiary alicyclic amines) is 1. The van der Waals surface area contributed by atoms with Crippen LogP contribution in [-0.4, -0.2) is 71.8 Å². The van der Waals surface area contributed by atoms with Gasteiger partial charge in [-0.2, -0.15) is 0 Å². The molecule has 37 heavy (non-hydrogen) atoms. The Morgan fingerprint density at radius 3 is 2.76 bits per heavy atom. The second-order valence-electron chi connectivity index (χ2n) is 10.1. The highest BCUT2D eigenvalue weighted by Gasteiger charge is 2.75. The first kappa shape index (κ1) is 27.6. The Labute approximate surface area is 223 Å². The number of aliphatic hydroxyl groups excluding tert-OH is 1. The summed E-state index contributed by atoms with van der Waals surface area (Å²) in [5.41, 5.74) is 0.326. The molecule has 3 fully saturated rings. The lowest BCUT2D eigenvalue weighted by Gasteiger charge is -2.37. The van der Waals surface area contributed by atoms with Crippen molar-refractivity contribution >= 4 is 35.1 Å². The third-order valence-corrected chi connectivity index (χ3v) is 8.24. The van der Waals surface area contributed by atoms with Crippen molar-refractivity contribution in [2.45, 2.75) is 70.1 Å². The summed E-state index contributed by atoms with van der Waals surface area (Å²) in [4.78, 5) is 44.6. The SMILES string of the molecule is C=CCN(C(=O)C1N(CCCCCCO)C(=O)[C@@H]2[C@@H](C(=O)OCC)[C@H]3CCC12O3)c1c(C)cccc1Cl. The molecule has 9 heteroatoms. The number of aryl methyl sites for hydroxylation is 1. The fourth-order valence-electron chi connectivity index (χ4n) is 6.46. The topological polar surface area (TPSA) is 96.4 Å². The highest BCUT2D eigenvalue weighted by atomic mass is 35.5. The summed E-state index contributed by atoms with van der Waals surface area (Å²) in [6.45, 7) is 8.39. The number of esters is 1. The predicted molar refractivity (Wildman–Crippen MR) is 140 cm³/mol. The summed E-state index contributed by atoms with van der Waals surface area (Å²) in [7, 11) is 0. The lowest BCUT2D eigenvalue weighted by Crippen LogP contribution is -2.56. The molecular formula is C28H37ClN2O6. The quantitative estimate of drug-likeness (QED) is 0.251. The van der Waals surface area contributed by atoms with Gasteiger partial charge in [-0.15, -0.1) is 6.58 Å². The number of ether oxygens (including phenoxy) is 2. The number of rotatable bonds is 12. The van der Waals surface area contributed by atoms with E-state index in [4.69, 9.17) is 26.2 Å². The first-order valence-corrected chi connectivity index (χ1v) is 13.6. The first-order valence-electron chi connectivity index (χ1n) is 13.3. The number of nitrogens with zero attached hydrogens (tertiary/aromatic N) is 2. The van der Waals surface area contributed by atoms with Crippen molar-refractivity contribution in [1.29, 1.82) is 0 Å². The summed E-state index contributed by atoms with van der Waals surface area (Å²) in [6.07, 6.45) is 5.32. The molecule has 2 amide bonds. The largest absolute Gasteiger partial charge is 0.466 e. The number of unbranched alkanes of at least 4 members (excludes halogenated alkanes) is 3. The Hall–Kier alpha value is -2.42. The minimum absolute atomic E-state index is 0.124. The van der Waals surface area contributed by atoms with Gasteiger partial charge in [0, 0.05) is 19.7 Å². The molecule has 3 heterocycles. The number of para-hydroxylation sites is 1. The van der Waals surface area contributed by atoms with E-state index in [1.165, 1.54) is 0 Å².